The Kier molecular flexibility index (Phi) is 2.37. The Morgan fingerprint density at radius 2 is 1.61 bits per heavy atom. The Bertz CT molecular complexity index is 707. The molecule has 0 aliphatic carbocycles. The second-order valence-electron chi connectivity index (χ2n) is 4.86. The van der Waals surface area contributed by atoms with Gasteiger partial charge < -0.3 is 4.42 Å². The first-order chi connectivity index (χ1) is 8.92. The summed E-state index contributed by atoms with van der Waals surface area (Å²) >= 11 is 0. The van der Waals surface area contributed by atoms with E-state index in [-0.39, 0.29) is 0 Å². The molecule has 1 aliphatic rings. The molecule has 90 valence electrons. The molecule has 0 unspecified atom stereocenters. The summed E-state index contributed by atoms with van der Waals surface area (Å²) in [5, 5.41) is 2.53. The number of hydrogen-bond donors (Lipinski definition) is 0. The fraction of sp³-hybridized carbons (Fsp3) is 0.250. The lowest BCUT2D eigenvalue weighted by atomic mass is 10.1. The quantitative estimate of drug-likeness (QED) is 0.589. The van der Waals surface area contributed by atoms with Crippen molar-refractivity contribution >= 4 is 32.8 Å². The van der Waals surface area contributed by atoms with Crippen molar-refractivity contribution < 1.29 is 4.42 Å². The molecule has 2 aromatic carbocycles. The third-order valence-electron chi connectivity index (χ3n) is 3.71. The zero-order valence-corrected chi connectivity index (χ0v) is 11.0. The number of furan rings is 1. The van der Waals surface area contributed by atoms with Gasteiger partial charge >= 0.3 is 0 Å². The fourth-order valence-electron chi connectivity index (χ4n) is 2.78. The summed E-state index contributed by atoms with van der Waals surface area (Å²) in [6.45, 7) is 0. The zero-order valence-electron chi connectivity index (χ0n) is 10.2. The highest BCUT2D eigenvalue weighted by Crippen LogP contribution is 2.32. The van der Waals surface area contributed by atoms with Crippen LogP contribution >= 0.6 is 0 Å². The van der Waals surface area contributed by atoms with Crippen LogP contribution in [0.3, 0.4) is 0 Å². The topological polar surface area (TPSA) is 13.1 Å². The van der Waals surface area contributed by atoms with E-state index in [0.717, 1.165) is 11.2 Å². The highest BCUT2D eigenvalue weighted by atomic mass is 32.2. The predicted octanol–water partition coefficient (Wildman–Crippen LogP) is 4.36. The molecular formula is C16H15OS+. The van der Waals surface area contributed by atoms with Crippen LogP contribution in [0.1, 0.15) is 12.8 Å². The molecular weight excluding hydrogens is 240 g/mol. The number of hydrogen-bond acceptors (Lipinski definition) is 1. The molecule has 0 atom stereocenters. The van der Waals surface area contributed by atoms with Crippen LogP contribution in [0.25, 0.3) is 21.9 Å². The molecule has 0 spiro atoms. The summed E-state index contributed by atoms with van der Waals surface area (Å²) < 4.78 is 5.87. The molecule has 18 heavy (non-hydrogen) atoms. The van der Waals surface area contributed by atoms with Crippen molar-refractivity contribution in [2.45, 2.75) is 17.7 Å². The molecule has 0 N–H and O–H groups in total. The van der Waals surface area contributed by atoms with Crippen molar-refractivity contribution in [3.8, 4) is 0 Å². The van der Waals surface area contributed by atoms with Gasteiger partial charge in [-0.05, 0) is 31.0 Å². The summed E-state index contributed by atoms with van der Waals surface area (Å²) in [6.07, 6.45) is 2.79. The lowest BCUT2D eigenvalue weighted by molar-refractivity contribution is 0.668. The van der Waals surface area contributed by atoms with Gasteiger partial charge in [-0.3, -0.25) is 0 Å². The van der Waals surface area contributed by atoms with Gasteiger partial charge in [0.25, 0.3) is 0 Å². The molecule has 4 rings (SSSR count). The van der Waals surface area contributed by atoms with Crippen molar-refractivity contribution in [2.75, 3.05) is 11.5 Å². The minimum atomic E-state index is 0.485. The van der Waals surface area contributed by atoms with Crippen LogP contribution in [0.15, 0.2) is 51.8 Å². The molecule has 0 amide bonds. The summed E-state index contributed by atoms with van der Waals surface area (Å²) in [5.74, 6) is 2.75. The van der Waals surface area contributed by atoms with Gasteiger partial charge in [0.2, 0.25) is 0 Å². The van der Waals surface area contributed by atoms with Gasteiger partial charge in [-0.1, -0.05) is 18.2 Å². The average Bonchev–Trinajstić information content (AvgIpc) is 3.05. The van der Waals surface area contributed by atoms with Crippen LogP contribution in [0, 0.1) is 0 Å². The molecule has 0 saturated carbocycles. The first-order valence-electron chi connectivity index (χ1n) is 6.51. The van der Waals surface area contributed by atoms with Gasteiger partial charge in [-0.25, -0.2) is 0 Å². The van der Waals surface area contributed by atoms with E-state index in [0.29, 0.717) is 10.9 Å². The average molecular weight is 255 g/mol. The number of fused-ring (bicyclic) bond motifs is 3. The highest BCUT2D eigenvalue weighted by Gasteiger charge is 2.27. The van der Waals surface area contributed by atoms with Gasteiger partial charge in [0.15, 0.2) is 4.90 Å². The number of benzene rings is 2. The van der Waals surface area contributed by atoms with Crippen LogP contribution in [0.5, 0.6) is 0 Å². The van der Waals surface area contributed by atoms with E-state index < -0.39 is 0 Å². The third kappa shape index (κ3) is 1.56. The number of para-hydroxylation sites is 1. The van der Waals surface area contributed by atoms with Crippen LogP contribution in [-0.4, -0.2) is 11.5 Å². The molecule has 1 aromatic heterocycles. The van der Waals surface area contributed by atoms with Gasteiger partial charge in [0.05, 0.1) is 0 Å². The Morgan fingerprint density at radius 1 is 0.833 bits per heavy atom. The van der Waals surface area contributed by atoms with Crippen LogP contribution < -0.4 is 0 Å². The number of rotatable bonds is 1. The molecule has 0 radical (unpaired) electrons. The summed E-state index contributed by atoms with van der Waals surface area (Å²) in [4.78, 5) is 1.52. The first kappa shape index (κ1) is 10.5. The molecule has 3 aromatic rings. The van der Waals surface area contributed by atoms with E-state index in [4.69, 9.17) is 4.42 Å². The van der Waals surface area contributed by atoms with Crippen molar-refractivity contribution in [2.24, 2.45) is 0 Å². The maximum atomic E-state index is 5.87. The van der Waals surface area contributed by atoms with E-state index in [9.17, 15) is 0 Å². The van der Waals surface area contributed by atoms with E-state index in [2.05, 4.69) is 30.3 Å². The SMILES string of the molecule is c1ccc2c(c1)oc1ccc([S+]3CCCC3)cc12. The first-order valence-corrected chi connectivity index (χ1v) is 8.07. The lowest BCUT2D eigenvalue weighted by Crippen LogP contribution is -2.02. The zero-order chi connectivity index (χ0) is 11.9. The molecule has 2 heteroatoms. The molecule has 1 nitrogen and oxygen atoms in total. The van der Waals surface area contributed by atoms with E-state index in [1.807, 2.05) is 12.1 Å². The van der Waals surface area contributed by atoms with E-state index in [1.54, 1.807) is 0 Å². The Balaban J connectivity index is 1.94. The molecule has 2 heterocycles. The van der Waals surface area contributed by atoms with Crippen LogP contribution in [0.2, 0.25) is 0 Å². The van der Waals surface area contributed by atoms with Crippen LogP contribution in [-0.2, 0) is 10.9 Å². The maximum absolute atomic E-state index is 5.87. The predicted molar refractivity (Wildman–Crippen MR) is 78.3 cm³/mol. The molecule has 0 bridgehead atoms. The molecule has 1 fully saturated rings. The monoisotopic (exact) mass is 255 g/mol. The van der Waals surface area contributed by atoms with Crippen LogP contribution in [0.4, 0.5) is 0 Å². The smallest absolute Gasteiger partial charge is 0.155 e. The molecule has 1 aliphatic heterocycles. The minimum Gasteiger partial charge on any atom is -0.456 e. The Labute approximate surface area is 109 Å². The van der Waals surface area contributed by atoms with Crippen molar-refractivity contribution in [3.05, 3.63) is 42.5 Å². The van der Waals surface area contributed by atoms with Gasteiger partial charge in [0.1, 0.15) is 22.7 Å². The van der Waals surface area contributed by atoms with Gasteiger partial charge in [-0.2, -0.15) is 0 Å². The normalized spacial score (nSPS) is 16.9. The van der Waals surface area contributed by atoms with E-state index in [1.165, 1.54) is 40.0 Å². The Morgan fingerprint density at radius 3 is 2.50 bits per heavy atom. The van der Waals surface area contributed by atoms with Crippen molar-refractivity contribution in [1.29, 1.82) is 0 Å². The summed E-state index contributed by atoms with van der Waals surface area (Å²) in [5.41, 5.74) is 2.02. The molecule has 1 saturated heterocycles. The third-order valence-corrected chi connectivity index (χ3v) is 6.20. The van der Waals surface area contributed by atoms with Gasteiger partial charge in [-0.15, -0.1) is 0 Å². The maximum Gasteiger partial charge on any atom is 0.155 e. The standard InChI is InChI=1S/C16H15OS/c1-2-6-15-13(5-1)14-11-12(7-8-16(14)17-15)18-9-3-4-10-18/h1-2,5-8,11H,3-4,9-10H2/q+1. The van der Waals surface area contributed by atoms with Crippen molar-refractivity contribution in [3.63, 3.8) is 0 Å². The van der Waals surface area contributed by atoms with Crippen molar-refractivity contribution in [1.82, 2.24) is 0 Å². The second kappa shape index (κ2) is 4.06. The summed E-state index contributed by atoms with van der Waals surface area (Å²) in [7, 11) is 0.485. The summed E-state index contributed by atoms with van der Waals surface area (Å²) in [6, 6.07) is 15.1. The largest absolute Gasteiger partial charge is 0.456 e. The minimum absolute atomic E-state index is 0.485. The fourth-order valence-corrected chi connectivity index (χ4v) is 5.10. The van der Waals surface area contributed by atoms with Gasteiger partial charge in [0, 0.05) is 27.7 Å². The van der Waals surface area contributed by atoms with E-state index >= 15 is 0 Å². The lowest BCUT2D eigenvalue weighted by Gasteiger charge is -1.99. The Hall–Kier alpha value is -1.41. The second-order valence-corrected chi connectivity index (χ2v) is 7.14. The highest BCUT2D eigenvalue weighted by molar-refractivity contribution is 7.97.